The average molecular weight is 468 g/mol. The SMILES string of the molecule is Cc1[nH]nc(-c2cc3c([nH]2)CC(N(C)C(=O)CN2C[C@@H](C)OCC2=O)C=C3)c1CCC(C)(C)C. The standard InChI is InChI=1S/C26H37N5O3/c1-16-13-31(24(33)15-34-16)14-23(32)30(6)19-8-7-18-11-22(27-21(18)12-19)25-20(17(2)28-29-25)9-10-26(3,4)5/h7-8,11,16,19,27H,9-10,12-15H2,1-6H3,(H,28,29)/t16-,19?/m1/s1. The number of ether oxygens (including phenoxy) is 1. The van der Waals surface area contributed by atoms with E-state index in [2.05, 4.69) is 61.1 Å². The number of fused-ring (bicyclic) bond motifs is 1. The Morgan fingerprint density at radius 1 is 1.35 bits per heavy atom. The van der Waals surface area contributed by atoms with E-state index in [0.717, 1.165) is 41.2 Å². The summed E-state index contributed by atoms with van der Waals surface area (Å²) in [4.78, 5) is 31.9. The van der Waals surface area contributed by atoms with E-state index < -0.39 is 0 Å². The van der Waals surface area contributed by atoms with Crippen molar-refractivity contribution in [2.45, 2.75) is 66.0 Å². The van der Waals surface area contributed by atoms with Gasteiger partial charge in [-0.2, -0.15) is 5.10 Å². The van der Waals surface area contributed by atoms with Crippen molar-refractivity contribution in [1.29, 1.82) is 0 Å². The third-order valence-corrected chi connectivity index (χ3v) is 6.84. The van der Waals surface area contributed by atoms with Crippen LogP contribution in [-0.2, 0) is 27.2 Å². The predicted octanol–water partition coefficient (Wildman–Crippen LogP) is 3.34. The molecular formula is C26H37N5O3. The van der Waals surface area contributed by atoms with Crippen LogP contribution in [0.4, 0.5) is 0 Å². The van der Waals surface area contributed by atoms with Gasteiger partial charge < -0.3 is 19.5 Å². The molecule has 2 aliphatic rings. The summed E-state index contributed by atoms with van der Waals surface area (Å²) in [7, 11) is 1.81. The van der Waals surface area contributed by atoms with Crippen LogP contribution in [0.3, 0.4) is 0 Å². The largest absolute Gasteiger partial charge is 0.367 e. The number of H-pyrrole nitrogens is 2. The zero-order valence-corrected chi connectivity index (χ0v) is 21.2. The van der Waals surface area contributed by atoms with Gasteiger partial charge in [0.05, 0.1) is 24.4 Å². The maximum absolute atomic E-state index is 12.9. The Kier molecular flexibility index (Phi) is 6.71. The van der Waals surface area contributed by atoms with Crippen molar-refractivity contribution < 1.29 is 14.3 Å². The van der Waals surface area contributed by atoms with Gasteiger partial charge in [-0.3, -0.25) is 14.7 Å². The van der Waals surface area contributed by atoms with Crippen LogP contribution in [0.25, 0.3) is 17.5 Å². The summed E-state index contributed by atoms with van der Waals surface area (Å²) >= 11 is 0. The van der Waals surface area contributed by atoms with E-state index in [1.807, 2.05) is 14.0 Å². The molecular weight excluding hydrogens is 430 g/mol. The number of carbonyl (C=O) groups is 2. The first kappa shape index (κ1) is 24.3. The lowest BCUT2D eigenvalue weighted by Crippen LogP contribution is -2.51. The Morgan fingerprint density at radius 2 is 2.12 bits per heavy atom. The maximum Gasteiger partial charge on any atom is 0.249 e. The molecule has 0 bridgehead atoms. The molecule has 1 unspecified atom stereocenters. The van der Waals surface area contributed by atoms with Gasteiger partial charge >= 0.3 is 0 Å². The fourth-order valence-electron chi connectivity index (χ4n) is 4.58. The van der Waals surface area contributed by atoms with Crippen molar-refractivity contribution >= 4 is 17.9 Å². The number of carbonyl (C=O) groups excluding carboxylic acids is 2. The summed E-state index contributed by atoms with van der Waals surface area (Å²) in [5.41, 5.74) is 6.83. The van der Waals surface area contributed by atoms with E-state index in [0.29, 0.717) is 13.0 Å². The summed E-state index contributed by atoms with van der Waals surface area (Å²) < 4.78 is 5.36. The number of likely N-dealkylation sites (N-methyl/N-ethyl adjacent to an activating group) is 1. The lowest BCUT2D eigenvalue weighted by molar-refractivity contribution is -0.152. The molecule has 2 aromatic rings. The molecule has 8 nitrogen and oxygen atoms in total. The Bertz CT molecular complexity index is 1090. The number of aromatic nitrogens is 3. The molecule has 1 saturated heterocycles. The van der Waals surface area contributed by atoms with Crippen molar-refractivity contribution in [3.63, 3.8) is 0 Å². The quantitative estimate of drug-likeness (QED) is 0.681. The van der Waals surface area contributed by atoms with Crippen molar-refractivity contribution in [3.05, 3.63) is 34.7 Å². The summed E-state index contributed by atoms with van der Waals surface area (Å²) in [6.07, 6.45) is 6.84. The van der Waals surface area contributed by atoms with Gasteiger partial charge in [0.1, 0.15) is 12.3 Å². The Morgan fingerprint density at radius 3 is 2.85 bits per heavy atom. The van der Waals surface area contributed by atoms with Crippen LogP contribution in [0.5, 0.6) is 0 Å². The second-order valence-corrected chi connectivity index (χ2v) is 10.9. The average Bonchev–Trinajstić information content (AvgIpc) is 3.36. The fraction of sp³-hybridized carbons (Fsp3) is 0.577. The molecule has 0 spiro atoms. The number of aromatic amines is 2. The van der Waals surface area contributed by atoms with Crippen LogP contribution in [0.2, 0.25) is 0 Å². The predicted molar refractivity (Wildman–Crippen MR) is 132 cm³/mol. The zero-order valence-electron chi connectivity index (χ0n) is 21.2. The number of amides is 2. The topological polar surface area (TPSA) is 94.3 Å². The Balaban J connectivity index is 1.45. The first-order chi connectivity index (χ1) is 16.0. The van der Waals surface area contributed by atoms with Crippen molar-refractivity contribution in [1.82, 2.24) is 25.0 Å². The molecule has 2 atom stereocenters. The maximum atomic E-state index is 12.9. The van der Waals surface area contributed by atoms with Gasteiger partial charge in [0.15, 0.2) is 0 Å². The lowest BCUT2D eigenvalue weighted by Gasteiger charge is -2.33. The molecule has 0 aromatic carbocycles. The zero-order chi connectivity index (χ0) is 24.6. The van der Waals surface area contributed by atoms with Gasteiger partial charge in [0, 0.05) is 37.0 Å². The third-order valence-electron chi connectivity index (χ3n) is 6.84. The third kappa shape index (κ3) is 5.27. The van der Waals surface area contributed by atoms with Gasteiger partial charge in [-0.15, -0.1) is 0 Å². The number of rotatable bonds is 6. The van der Waals surface area contributed by atoms with Crippen LogP contribution in [0.1, 0.15) is 56.6 Å². The molecule has 2 amide bonds. The highest BCUT2D eigenvalue weighted by atomic mass is 16.5. The molecule has 1 fully saturated rings. The molecule has 184 valence electrons. The van der Waals surface area contributed by atoms with E-state index >= 15 is 0 Å². The van der Waals surface area contributed by atoms with Crippen LogP contribution in [-0.4, -0.2) is 75.7 Å². The minimum absolute atomic E-state index is 0.0422. The molecule has 4 rings (SSSR count). The van der Waals surface area contributed by atoms with Gasteiger partial charge in [-0.05, 0) is 43.7 Å². The number of nitrogens with one attached hydrogen (secondary N) is 2. The van der Waals surface area contributed by atoms with Gasteiger partial charge in [-0.1, -0.05) is 32.9 Å². The molecule has 0 saturated carbocycles. The normalized spacial score (nSPS) is 20.5. The van der Waals surface area contributed by atoms with Gasteiger partial charge in [0.2, 0.25) is 11.8 Å². The van der Waals surface area contributed by atoms with Crippen molar-refractivity contribution in [3.8, 4) is 11.4 Å². The number of nitrogens with zero attached hydrogens (tertiary/aromatic N) is 3. The molecule has 2 aromatic heterocycles. The summed E-state index contributed by atoms with van der Waals surface area (Å²) in [6, 6.07) is 2.08. The van der Waals surface area contributed by atoms with Crippen molar-refractivity contribution in [2.24, 2.45) is 5.41 Å². The van der Waals surface area contributed by atoms with Crippen LogP contribution in [0.15, 0.2) is 12.1 Å². The van der Waals surface area contributed by atoms with E-state index in [1.54, 1.807) is 9.80 Å². The molecule has 8 heteroatoms. The van der Waals surface area contributed by atoms with Crippen LogP contribution in [0, 0.1) is 12.3 Å². The second kappa shape index (κ2) is 9.41. The Labute approximate surface area is 201 Å². The summed E-state index contributed by atoms with van der Waals surface area (Å²) in [5, 5.41) is 7.76. The number of hydrogen-bond acceptors (Lipinski definition) is 4. The lowest BCUT2D eigenvalue weighted by atomic mass is 9.88. The molecule has 1 aliphatic heterocycles. The van der Waals surface area contributed by atoms with Gasteiger partial charge in [0.25, 0.3) is 0 Å². The van der Waals surface area contributed by atoms with E-state index in [9.17, 15) is 9.59 Å². The van der Waals surface area contributed by atoms with Crippen LogP contribution < -0.4 is 0 Å². The Hall–Kier alpha value is -2.87. The highest BCUT2D eigenvalue weighted by Crippen LogP contribution is 2.32. The molecule has 3 heterocycles. The van der Waals surface area contributed by atoms with Crippen LogP contribution >= 0.6 is 0 Å². The molecule has 2 N–H and O–H groups in total. The minimum atomic E-state index is -0.133. The number of aryl methyl sites for hydroxylation is 1. The highest BCUT2D eigenvalue weighted by Gasteiger charge is 2.29. The first-order valence-electron chi connectivity index (χ1n) is 12.1. The smallest absolute Gasteiger partial charge is 0.249 e. The van der Waals surface area contributed by atoms with E-state index in [4.69, 9.17) is 4.74 Å². The first-order valence-corrected chi connectivity index (χ1v) is 12.1. The minimum Gasteiger partial charge on any atom is -0.367 e. The molecule has 0 radical (unpaired) electrons. The second-order valence-electron chi connectivity index (χ2n) is 10.9. The number of hydrogen-bond donors (Lipinski definition) is 2. The van der Waals surface area contributed by atoms with E-state index in [-0.39, 0.29) is 42.5 Å². The van der Waals surface area contributed by atoms with Gasteiger partial charge in [-0.25, -0.2) is 0 Å². The summed E-state index contributed by atoms with van der Waals surface area (Å²) in [6.45, 7) is 11.3. The molecule has 34 heavy (non-hydrogen) atoms. The molecule has 1 aliphatic carbocycles. The highest BCUT2D eigenvalue weighted by molar-refractivity contribution is 5.86. The van der Waals surface area contributed by atoms with E-state index in [1.165, 1.54) is 5.56 Å². The fourth-order valence-corrected chi connectivity index (χ4v) is 4.58. The summed E-state index contributed by atoms with van der Waals surface area (Å²) in [5.74, 6) is -0.202. The van der Waals surface area contributed by atoms with Crippen molar-refractivity contribution in [2.75, 3.05) is 26.7 Å². The number of morpholine rings is 1. The monoisotopic (exact) mass is 467 g/mol.